The van der Waals surface area contributed by atoms with Crippen molar-refractivity contribution in [1.82, 2.24) is 0 Å². The molecule has 1 rings (SSSR count). The van der Waals surface area contributed by atoms with Crippen LogP contribution >= 0.6 is 0 Å². The second-order valence-electron chi connectivity index (χ2n) is 4.71. The molecule has 1 saturated heterocycles. The maximum absolute atomic E-state index is 10.9. The number of rotatable bonds is 3. The van der Waals surface area contributed by atoms with E-state index in [4.69, 9.17) is 9.59 Å². The summed E-state index contributed by atoms with van der Waals surface area (Å²) in [5, 5.41) is 0. The number of ether oxygens (including phenoxy) is 4. The second kappa shape index (κ2) is 66.2. The first kappa shape index (κ1) is 104. The molecule has 0 N–H and O–H groups in total. The molecule has 0 saturated carbocycles. The van der Waals surface area contributed by atoms with Crippen molar-refractivity contribution in [3.8, 4) is 0 Å². The van der Waals surface area contributed by atoms with Gasteiger partial charge in [0.2, 0.25) is 0 Å². The van der Waals surface area contributed by atoms with Crippen molar-refractivity contribution in [2.24, 2.45) is 0 Å². The Morgan fingerprint density at radius 3 is 0.564 bits per heavy atom. The lowest BCUT2D eigenvalue weighted by atomic mass is 10.9. The molecular weight excluding hydrogens is 866 g/mol. The van der Waals surface area contributed by atoms with E-state index < -0.39 is 64.8 Å². The Morgan fingerprint density at radius 2 is 0.564 bits per heavy atom. The van der Waals surface area contributed by atoms with Gasteiger partial charge in [-0.05, 0) is 20.8 Å². The van der Waals surface area contributed by atoms with Gasteiger partial charge >= 0.3 is 44.2 Å². The summed E-state index contributed by atoms with van der Waals surface area (Å²) < 4.78 is 268. The van der Waals surface area contributed by atoms with Gasteiger partial charge in [0.25, 0.3) is 0 Å². The topological polar surface area (TPSA) is 74.4 Å². The van der Waals surface area contributed by atoms with Crippen molar-refractivity contribution >= 4 is 12.6 Å². The van der Waals surface area contributed by atoms with E-state index in [0.717, 1.165) is 0 Å². The maximum atomic E-state index is 10.9. The van der Waals surface area contributed by atoms with Gasteiger partial charge in [0.15, 0.2) is 20.6 Å². The maximum Gasteiger partial charge on any atom is 0.559 e. The molecule has 0 unspecified atom stereocenters. The molecule has 1 fully saturated rings. The molecule has 6 nitrogen and oxygen atoms in total. The molecule has 1 aliphatic heterocycles. The number of hydrogen-bond acceptors (Lipinski definition) is 6. The molecule has 0 bridgehead atoms. The van der Waals surface area contributed by atoms with Crippen LogP contribution in [-0.4, -0.2) is 91.4 Å². The SMILES string of the molecule is C.C.C.C.C.C.CCF.CCF.CCF.FC(F)(F)F.FC1(F)CO1.FCOC(F)(F)F.FCOC(F)(F)F.FCOC(F)(F)F.O=C(F)F.O=C(F)F.[F-]. The lowest BCUT2D eigenvalue weighted by Crippen LogP contribution is -3.00. The Bertz CT molecular complexity index is 554. The summed E-state index contributed by atoms with van der Waals surface area (Å²) in [6, 6.07) is 0. The monoisotopic (exact) mass is 913 g/mol. The number of hydrogen-bond donors (Lipinski definition) is 0. The molecule has 32 heteroatoms. The average molecular weight is 914 g/mol. The largest absolute Gasteiger partial charge is 1.00 e. The van der Waals surface area contributed by atoms with E-state index in [1.165, 1.54) is 20.8 Å². The molecule has 0 aliphatic carbocycles. The van der Waals surface area contributed by atoms with Gasteiger partial charge in [-0.3, -0.25) is 27.4 Å². The Morgan fingerprint density at radius 1 is 0.491 bits per heavy atom. The van der Waals surface area contributed by atoms with Crippen molar-refractivity contribution in [2.75, 3.05) is 47.2 Å². The number of halogens is 26. The smallest absolute Gasteiger partial charge is 0.559 e. The molecule has 0 aromatic rings. The van der Waals surface area contributed by atoms with Crippen molar-refractivity contribution in [1.29, 1.82) is 0 Å². The summed E-state index contributed by atoms with van der Waals surface area (Å²) in [5.74, 6) is 0. The van der Waals surface area contributed by atoms with Crippen LogP contribution < -0.4 is 4.70 Å². The summed E-state index contributed by atoms with van der Waals surface area (Å²) in [7, 11) is 0. The van der Waals surface area contributed by atoms with Gasteiger partial charge in [0.05, 0.1) is 20.0 Å². The highest BCUT2D eigenvalue weighted by Crippen LogP contribution is 2.28. The molecule has 0 atom stereocenters. The number of carbonyl (C=O) groups is 2. The van der Waals surface area contributed by atoms with E-state index in [2.05, 4.69) is 18.9 Å². The summed E-state index contributed by atoms with van der Waals surface area (Å²) in [6.07, 6.45) is -28.4. The van der Waals surface area contributed by atoms with Gasteiger partial charge < -0.3 is 9.44 Å². The van der Waals surface area contributed by atoms with Gasteiger partial charge in [-0.2, -0.15) is 8.78 Å². The number of carbonyl (C=O) groups excluding carboxylic acids is 2. The van der Waals surface area contributed by atoms with Gasteiger partial charge in [-0.15, -0.1) is 74.6 Å². The zero-order valence-corrected chi connectivity index (χ0v) is 23.7. The van der Waals surface area contributed by atoms with Crippen LogP contribution in [0.25, 0.3) is 0 Å². The molecule has 0 aromatic heterocycles. The fraction of sp³-hybridized carbons (Fsp3) is 0.913. The Labute approximate surface area is 300 Å². The van der Waals surface area contributed by atoms with E-state index in [1.807, 2.05) is 0 Å². The van der Waals surface area contributed by atoms with Crippen LogP contribution in [0.2, 0.25) is 0 Å². The summed E-state index contributed by atoms with van der Waals surface area (Å²) in [6.45, 7) is -2.20. The van der Waals surface area contributed by atoms with Crippen LogP contribution in [0.3, 0.4) is 0 Å². The molecule has 1 aliphatic rings. The third kappa shape index (κ3) is 607. The summed E-state index contributed by atoms with van der Waals surface area (Å²) in [4.78, 5) is 16.2. The van der Waals surface area contributed by atoms with E-state index in [0.29, 0.717) is 0 Å². The first-order valence-corrected chi connectivity index (χ1v) is 10.0. The fourth-order valence-corrected chi connectivity index (χ4v) is 0.240. The Hall–Kier alpha value is -2.64. The van der Waals surface area contributed by atoms with E-state index >= 15 is 0 Å². The minimum Gasteiger partial charge on any atom is -1.00 e. The predicted molar refractivity (Wildman–Crippen MR) is 148 cm³/mol. The standard InChI is InChI=1S/3C2H2F4O.C2H2F2O.3C2H5F.CF4.2CF2O.6CH4.FH/c3*3-1-7-2(4,5)6;3-2(4)1-5-2;3*1-2-3;2-1(3,4)5;2*2-1(3)4;;;;;;;/h3*1H2;1H2;3*2H2,1H3;;;;6*1H4;1H/p-1. The van der Waals surface area contributed by atoms with Crippen molar-refractivity contribution < 1.29 is 143 Å². The van der Waals surface area contributed by atoms with E-state index in [-0.39, 0.29) is 75.9 Å². The lowest BCUT2D eigenvalue weighted by molar-refractivity contribution is -0.337. The lowest BCUT2D eigenvalue weighted by Gasteiger charge is -1.99. The zero-order chi connectivity index (χ0) is 41.4. The normalized spacial score (nSPS) is 10.3. The molecule has 1 heterocycles. The summed E-state index contributed by atoms with van der Waals surface area (Å²) in [5.41, 5.74) is 0. The van der Waals surface area contributed by atoms with Gasteiger partial charge in [-0.1, -0.05) is 44.6 Å². The van der Waals surface area contributed by atoms with Gasteiger partial charge in [-0.25, -0.2) is 22.8 Å². The quantitative estimate of drug-likeness (QED) is 0.160. The number of alkyl halides is 21. The second-order valence-corrected chi connectivity index (χ2v) is 4.71. The summed E-state index contributed by atoms with van der Waals surface area (Å²) >= 11 is 0. The first-order chi connectivity index (χ1) is 21.1. The van der Waals surface area contributed by atoms with Crippen LogP contribution in [0.1, 0.15) is 65.3 Å². The van der Waals surface area contributed by atoms with Crippen molar-refractivity contribution in [2.45, 2.75) is 97.0 Å². The molecule has 55 heavy (non-hydrogen) atoms. The first-order valence-electron chi connectivity index (χ1n) is 10.0. The van der Waals surface area contributed by atoms with Crippen LogP contribution in [0.15, 0.2) is 0 Å². The van der Waals surface area contributed by atoms with E-state index in [9.17, 15) is 110 Å². The van der Waals surface area contributed by atoms with E-state index in [1.54, 1.807) is 0 Å². The zero-order valence-electron chi connectivity index (χ0n) is 23.7. The van der Waals surface area contributed by atoms with Gasteiger partial charge in [0, 0.05) is 0 Å². The van der Waals surface area contributed by atoms with Crippen molar-refractivity contribution in [3.63, 3.8) is 0 Å². The van der Waals surface area contributed by atoms with Crippen LogP contribution in [0, 0.1) is 0 Å². The van der Waals surface area contributed by atoms with Crippen LogP contribution in [-0.2, 0) is 18.9 Å². The highest BCUT2D eigenvalue weighted by molar-refractivity contribution is 5.56. The molecule has 0 radical (unpaired) electrons. The molecule has 358 valence electrons. The minimum absolute atomic E-state index is 0. The number of epoxide rings is 1. The molecule has 0 amide bonds. The minimum atomic E-state index is -5.50. The average Bonchev–Trinajstić information content (AvgIpc) is 3.46. The van der Waals surface area contributed by atoms with Crippen molar-refractivity contribution in [3.05, 3.63) is 0 Å². The third-order valence-electron chi connectivity index (χ3n) is 1.02. The highest BCUT2D eigenvalue weighted by atomic mass is 19.5. The fourth-order valence-electron chi connectivity index (χ4n) is 0.240. The van der Waals surface area contributed by atoms with Crippen LogP contribution in [0.5, 0.6) is 0 Å². The highest BCUT2D eigenvalue weighted by Gasteiger charge is 2.46. The molecule has 0 spiro atoms. The van der Waals surface area contributed by atoms with Gasteiger partial charge in [0.1, 0.15) is 6.61 Å². The molecular formula is C23H47F26O6-. The molecule has 0 aromatic carbocycles. The third-order valence-corrected chi connectivity index (χ3v) is 1.02. The van der Waals surface area contributed by atoms with Crippen LogP contribution in [0.4, 0.5) is 119 Å². The predicted octanol–water partition coefficient (Wildman–Crippen LogP) is 12.3. The Balaban J connectivity index is -0.0000000220. The Kier molecular flexibility index (Phi) is 126.